The minimum absolute atomic E-state index is 0.00906. The largest absolute Gasteiger partial charge is 0.468 e. The van der Waals surface area contributed by atoms with Crippen molar-refractivity contribution >= 4 is 52.8 Å². The number of anilines is 1. The Hall–Kier alpha value is -3.17. The second-order valence-electron chi connectivity index (χ2n) is 9.34. The summed E-state index contributed by atoms with van der Waals surface area (Å²) in [5, 5.41) is -0.681. The summed E-state index contributed by atoms with van der Waals surface area (Å²) in [4.78, 5) is 53.9. The first-order chi connectivity index (χ1) is 19.2. The number of rotatable bonds is 11. The molecule has 1 aliphatic carbocycles. The number of ether oxygens (including phenoxy) is 2. The van der Waals surface area contributed by atoms with E-state index >= 15 is 4.39 Å². The molecule has 1 aliphatic rings. The molecule has 214 valence electrons. The molecule has 0 N–H and O–H groups in total. The van der Waals surface area contributed by atoms with Gasteiger partial charge in [-0.25, -0.2) is 14.1 Å². The quantitative estimate of drug-likeness (QED) is 0.122. The number of halogens is 2. The lowest BCUT2D eigenvalue weighted by atomic mass is 9.90. The number of carbonyl (C=O) groups is 4. The summed E-state index contributed by atoms with van der Waals surface area (Å²) in [6.45, 7) is 3.87. The summed E-state index contributed by atoms with van der Waals surface area (Å²) in [5.41, 5.74) is 0.156. The molecule has 3 rings (SSSR count). The molecule has 0 spiro atoms. The van der Waals surface area contributed by atoms with Gasteiger partial charge in [0.2, 0.25) is 0 Å². The molecule has 1 unspecified atom stereocenters. The number of methoxy groups -OCH3 is 1. The molecule has 0 heterocycles. The lowest BCUT2D eigenvalue weighted by molar-refractivity contribution is -0.140. The highest BCUT2D eigenvalue weighted by atomic mass is 35.5. The number of unbranched alkanes of at least 4 members (excludes halogenated alkanes) is 2. The topological polar surface area (TPSA) is 90.0 Å². The predicted molar refractivity (Wildman–Crippen MR) is 153 cm³/mol. The molecule has 0 radical (unpaired) electrons. The first-order valence-corrected chi connectivity index (χ1v) is 14.5. The van der Waals surface area contributed by atoms with E-state index in [0.717, 1.165) is 35.6 Å². The van der Waals surface area contributed by atoms with Crippen LogP contribution < -0.4 is 4.90 Å². The molecule has 2 aromatic rings. The summed E-state index contributed by atoms with van der Waals surface area (Å²) >= 11 is 7.29. The van der Waals surface area contributed by atoms with Crippen molar-refractivity contribution in [1.82, 2.24) is 0 Å². The van der Waals surface area contributed by atoms with E-state index < -0.39 is 34.8 Å². The molecule has 10 heteroatoms. The highest BCUT2D eigenvalue weighted by Gasteiger charge is 2.34. The summed E-state index contributed by atoms with van der Waals surface area (Å²) in [7, 11) is 1.25. The van der Waals surface area contributed by atoms with Crippen molar-refractivity contribution in [3.63, 3.8) is 0 Å². The van der Waals surface area contributed by atoms with E-state index in [1.165, 1.54) is 25.3 Å². The molecular formula is C30H33ClFNO6S. The van der Waals surface area contributed by atoms with Gasteiger partial charge in [-0.2, -0.15) is 0 Å². The van der Waals surface area contributed by atoms with E-state index in [1.54, 1.807) is 25.1 Å². The number of esters is 2. The smallest absolute Gasteiger partial charge is 0.334 e. The molecule has 0 saturated heterocycles. The van der Waals surface area contributed by atoms with Crippen LogP contribution in [-0.4, -0.2) is 42.7 Å². The molecule has 40 heavy (non-hydrogen) atoms. The molecule has 7 nitrogen and oxygen atoms in total. The number of hydrogen-bond donors (Lipinski definition) is 0. The van der Waals surface area contributed by atoms with Crippen LogP contribution in [0.2, 0.25) is 5.02 Å². The summed E-state index contributed by atoms with van der Waals surface area (Å²) in [6.07, 6.45) is 4.45. The van der Waals surface area contributed by atoms with Crippen LogP contribution in [0.15, 0.2) is 58.5 Å². The van der Waals surface area contributed by atoms with Crippen molar-refractivity contribution in [2.45, 2.75) is 68.9 Å². The van der Waals surface area contributed by atoms with Crippen LogP contribution in [0.5, 0.6) is 0 Å². The number of hydrogen-bond acceptors (Lipinski definition) is 7. The van der Waals surface area contributed by atoms with Gasteiger partial charge < -0.3 is 9.47 Å². The number of imide groups is 1. The fourth-order valence-electron chi connectivity index (χ4n) is 4.31. The summed E-state index contributed by atoms with van der Waals surface area (Å²) in [6, 6.07) is 10.3. The third kappa shape index (κ3) is 7.73. The first-order valence-electron chi connectivity index (χ1n) is 13.3. The van der Waals surface area contributed by atoms with Crippen LogP contribution in [0.1, 0.15) is 69.2 Å². The Morgan fingerprint density at radius 1 is 1.02 bits per heavy atom. The maximum atomic E-state index is 15.5. The van der Waals surface area contributed by atoms with Crippen molar-refractivity contribution < 1.29 is 33.0 Å². The van der Waals surface area contributed by atoms with Gasteiger partial charge in [-0.05, 0) is 63.3 Å². The van der Waals surface area contributed by atoms with Gasteiger partial charge in [0.1, 0.15) is 11.1 Å². The fourth-order valence-corrected chi connectivity index (χ4v) is 5.52. The zero-order valence-electron chi connectivity index (χ0n) is 22.8. The number of nitrogens with zero attached hydrogens (tertiary/aromatic N) is 1. The van der Waals surface area contributed by atoms with E-state index in [1.807, 2.05) is 6.92 Å². The Labute approximate surface area is 243 Å². The van der Waals surface area contributed by atoms with Gasteiger partial charge in [0, 0.05) is 21.6 Å². The zero-order chi connectivity index (χ0) is 29.2. The SMILES string of the molecule is CCCCCOC(=O)C1=C(C(=O)N(C(=O)c2ccccc2)c2cc(SC(C)C(=O)OC)c(Cl)cc2F)CCCC1. The van der Waals surface area contributed by atoms with Gasteiger partial charge in [0.15, 0.2) is 0 Å². The molecule has 2 aromatic carbocycles. The second kappa shape index (κ2) is 15.0. The van der Waals surface area contributed by atoms with E-state index in [0.29, 0.717) is 25.7 Å². The first kappa shape index (κ1) is 31.4. The van der Waals surface area contributed by atoms with Crippen LogP contribution in [-0.2, 0) is 23.9 Å². The van der Waals surface area contributed by atoms with Crippen molar-refractivity contribution in [1.29, 1.82) is 0 Å². The predicted octanol–water partition coefficient (Wildman–Crippen LogP) is 6.91. The fraction of sp³-hybridized carbons (Fsp3) is 0.400. The monoisotopic (exact) mass is 589 g/mol. The molecule has 1 atom stereocenters. The second-order valence-corrected chi connectivity index (χ2v) is 11.1. The number of thioether (sulfide) groups is 1. The maximum absolute atomic E-state index is 15.5. The number of carbonyl (C=O) groups excluding carboxylic acids is 4. The zero-order valence-corrected chi connectivity index (χ0v) is 24.4. The van der Waals surface area contributed by atoms with Crippen molar-refractivity contribution in [3.05, 3.63) is 70.0 Å². The number of amides is 2. The third-order valence-electron chi connectivity index (χ3n) is 6.46. The highest BCUT2D eigenvalue weighted by molar-refractivity contribution is 8.00. The van der Waals surface area contributed by atoms with Gasteiger partial charge in [-0.15, -0.1) is 11.8 Å². The van der Waals surface area contributed by atoms with Crippen LogP contribution in [0.25, 0.3) is 0 Å². The van der Waals surface area contributed by atoms with Crippen LogP contribution in [0.3, 0.4) is 0 Å². The Kier molecular flexibility index (Phi) is 11.8. The molecule has 0 saturated carbocycles. The van der Waals surface area contributed by atoms with Gasteiger partial charge in [0.25, 0.3) is 11.8 Å². The Balaban J connectivity index is 2.10. The lowest BCUT2D eigenvalue weighted by Crippen LogP contribution is -2.40. The minimum Gasteiger partial charge on any atom is -0.468 e. The Morgan fingerprint density at radius 3 is 2.35 bits per heavy atom. The Bertz CT molecular complexity index is 1280. The molecular weight excluding hydrogens is 557 g/mol. The average Bonchev–Trinajstić information content (AvgIpc) is 2.97. The van der Waals surface area contributed by atoms with Crippen LogP contribution in [0.4, 0.5) is 10.1 Å². The van der Waals surface area contributed by atoms with Crippen molar-refractivity contribution in [3.8, 4) is 0 Å². The van der Waals surface area contributed by atoms with E-state index in [4.69, 9.17) is 21.1 Å². The summed E-state index contributed by atoms with van der Waals surface area (Å²) < 4.78 is 25.7. The van der Waals surface area contributed by atoms with E-state index in [-0.39, 0.29) is 45.3 Å². The standard InChI is InChI=1S/C30H33ClFNO6S/c1-4-5-11-16-39-30(37)22-15-10-9-14-21(22)28(35)33(27(34)20-12-7-6-8-13-20)25-18-26(23(31)17-24(25)32)40-19(2)29(36)38-3/h6-8,12-13,17-19H,4-5,9-11,14-16H2,1-3H3. The van der Waals surface area contributed by atoms with Crippen LogP contribution in [0, 0.1) is 5.82 Å². The third-order valence-corrected chi connectivity index (χ3v) is 8.02. The molecule has 0 fully saturated rings. The molecule has 2 amide bonds. The average molecular weight is 590 g/mol. The van der Waals surface area contributed by atoms with Gasteiger partial charge in [0.05, 0.1) is 24.4 Å². The molecule has 0 aliphatic heterocycles. The molecule has 0 bridgehead atoms. The normalized spacial score (nSPS) is 13.9. The molecule has 0 aromatic heterocycles. The van der Waals surface area contributed by atoms with E-state index in [2.05, 4.69) is 0 Å². The maximum Gasteiger partial charge on any atom is 0.334 e. The Morgan fingerprint density at radius 2 is 1.70 bits per heavy atom. The van der Waals surface area contributed by atoms with Gasteiger partial charge in [-0.1, -0.05) is 49.6 Å². The van der Waals surface area contributed by atoms with Crippen molar-refractivity contribution in [2.24, 2.45) is 0 Å². The highest BCUT2D eigenvalue weighted by Crippen LogP contribution is 2.38. The minimum atomic E-state index is -0.905. The van der Waals surface area contributed by atoms with Gasteiger partial charge >= 0.3 is 11.9 Å². The van der Waals surface area contributed by atoms with Crippen LogP contribution >= 0.6 is 23.4 Å². The lowest BCUT2D eigenvalue weighted by Gasteiger charge is -2.27. The summed E-state index contributed by atoms with van der Waals surface area (Å²) in [5.74, 6) is -3.58. The number of benzene rings is 2. The van der Waals surface area contributed by atoms with E-state index in [9.17, 15) is 19.2 Å². The van der Waals surface area contributed by atoms with Gasteiger partial charge in [-0.3, -0.25) is 14.4 Å². The van der Waals surface area contributed by atoms with Crippen molar-refractivity contribution in [2.75, 3.05) is 18.6 Å².